The standard InChI is InChI=1S/C16H14INO3/c1-10-3-6-13(7-4-10)18-16(20)14-9-12(17)5-8-15(14)21-11(2)19/h3-9H,1-2H3,(H,18,20). The smallest absolute Gasteiger partial charge is 0.308 e. The van der Waals surface area contributed by atoms with Crippen LogP contribution in [-0.4, -0.2) is 11.9 Å². The van der Waals surface area contributed by atoms with E-state index < -0.39 is 5.97 Å². The average Bonchev–Trinajstić information content (AvgIpc) is 2.43. The molecule has 5 heteroatoms. The van der Waals surface area contributed by atoms with E-state index in [0.717, 1.165) is 9.13 Å². The van der Waals surface area contributed by atoms with E-state index in [2.05, 4.69) is 27.9 Å². The van der Waals surface area contributed by atoms with E-state index in [9.17, 15) is 9.59 Å². The van der Waals surface area contributed by atoms with Crippen LogP contribution in [0.1, 0.15) is 22.8 Å². The first-order valence-electron chi connectivity index (χ1n) is 6.31. The van der Waals surface area contributed by atoms with Gasteiger partial charge in [-0.15, -0.1) is 0 Å². The number of aryl methyl sites for hydroxylation is 1. The Hall–Kier alpha value is -1.89. The summed E-state index contributed by atoms with van der Waals surface area (Å²) < 4.78 is 5.96. The Morgan fingerprint density at radius 3 is 2.38 bits per heavy atom. The molecule has 0 atom stereocenters. The number of amides is 1. The highest BCUT2D eigenvalue weighted by Crippen LogP contribution is 2.23. The summed E-state index contributed by atoms with van der Waals surface area (Å²) >= 11 is 2.10. The number of benzene rings is 2. The highest BCUT2D eigenvalue weighted by Gasteiger charge is 2.15. The Kier molecular flexibility index (Phi) is 4.95. The molecule has 2 aromatic rings. The maximum atomic E-state index is 12.3. The van der Waals surface area contributed by atoms with Gasteiger partial charge >= 0.3 is 5.97 Å². The zero-order chi connectivity index (χ0) is 15.4. The van der Waals surface area contributed by atoms with Crippen LogP contribution in [0.2, 0.25) is 0 Å². The molecule has 108 valence electrons. The van der Waals surface area contributed by atoms with Crippen molar-refractivity contribution in [3.63, 3.8) is 0 Å². The fourth-order valence-electron chi connectivity index (χ4n) is 1.76. The molecule has 1 N–H and O–H groups in total. The van der Waals surface area contributed by atoms with Crippen molar-refractivity contribution in [2.45, 2.75) is 13.8 Å². The summed E-state index contributed by atoms with van der Waals surface area (Å²) in [6.07, 6.45) is 0. The van der Waals surface area contributed by atoms with Crippen molar-refractivity contribution in [2.24, 2.45) is 0 Å². The van der Waals surface area contributed by atoms with Crippen molar-refractivity contribution >= 4 is 40.2 Å². The number of hydrogen-bond acceptors (Lipinski definition) is 3. The third-order valence-corrected chi connectivity index (χ3v) is 3.42. The molecule has 0 saturated carbocycles. The molecule has 2 rings (SSSR count). The molecule has 0 aliphatic heterocycles. The van der Waals surface area contributed by atoms with Crippen molar-refractivity contribution in [1.29, 1.82) is 0 Å². The summed E-state index contributed by atoms with van der Waals surface area (Å²) in [5.74, 6) is -0.512. The molecule has 0 heterocycles. The Morgan fingerprint density at radius 2 is 1.76 bits per heavy atom. The second-order valence-electron chi connectivity index (χ2n) is 4.55. The van der Waals surface area contributed by atoms with E-state index in [0.29, 0.717) is 11.3 Å². The van der Waals surface area contributed by atoms with Crippen LogP contribution in [-0.2, 0) is 4.79 Å². The second kappa shape index (κ2) is 6.71. The highest BCUT2D eigenvalue weighted by molar-refractivity contribution is 14.1. The van der Waals surface area contributed by atoms with Crippen LogP contribution in [0.4, 0.5) is 5.69 Å². The first-order chi connectivity index (χ1) is 9.95. The monoisotopic (exact) mass is 395 g/mol. The first-order valence-corrected chi connectivity index (χ1v) is 7.39. The van der Waals surface area contributed by atoms with Crippen molar-refractivity contribution in [1.82, 2.24) is 0 Å². The second-order valence-corrected chi connectivity index (χ2v) is 5.80. The Labute approximate surface area is 136 Å². The predicted molar refractivity (Wildman–Crippen MR) is 89.6 cm³/mol. The largest absolute Gasteiger partial charge is 0.426 e. The lowest BCUT2D eigenvalue weighted by Gasteiger charge is -2.10. The number of carbonyl (C=O) groups is 2. The summed E-state index contributed by atoms with van der Waals surface area (Å²) in [5, 5.41) is 2.79. The van der Waals surface area contributed by atoms with E-state index in [4.69, 9.17) is 4.74 Å². The van der Waals surface area contributed by atoms with Crippen LogP contribution in [0, 0.1) is 10.5 Å². The molecule has 0 radical (unpaired) electrons. The molecule has 0 bridgehead atoms. The summed E-state index contributed by atoms with van der Waals surface area (Å²) in [4.78, 5) is 23.5. The molecule has 0 saturated heterocycles. The molecule has 2 aromatic carbocycles. The number of rotatable bonds is 3. The maximum absolute atomic E-state index is 12.3. The van der Waals surface area contributed by atoms with Crippen molar-refractivity contribution in [2.75, 3.05) is 5.32 Å². The number of esters is 1. The van der Waals surface area contributed by atoms with E-state index >= 15 is 0 Å². The van der Waals surface area contributed by atoms with Gasteiger partial charge in [-0.25, -0.2) is 0 Å². The van der Waals surface area contributed by atoms with Crippen LogP contribution in [0.25, 0.3) is 0 Å². The van der Waals surface area contributed by atoms with Crippen molar-refractivity contribution in [3.8, 4) is 5.75 Å². The fourth-order valence-corrected chi connectivity index (χ4v) is 2.25. The van der Waals surface area contributed by atoms with Gasteiger partial charge in [-0.3, -0.25) is 9.59 Å². The van der Waals surface area contributed by atoms with Gasteiger partial charge in [-0.1, -0.05) is 17.7 Å². The summed E-state index contributed by atoms with van der Waals surface area (Å²) in [5.41, 5.74) is 2.14. The molecule has 4 nitrogen and oxygen atoms in total. The number of nitrogens with one attached hydrogen (secondary N) is 1. The summed E-state index contributed by atoms with van der Waals surface area (Å²) in [7, 11) is 0. The molecular formula is C16H14INO3. The third-order valence-electron chi connectivity index (χ3n) is 2.75. The number of hydrogen-bond donors (Lipinski definition) is 1. The predicted octanol–water partition coefficient (Wildman–Crippen LogP) is 3.78. The average molecular weight is 395 g/mol. The SMILES string of the molecule is CC(=O)Oc1ccc(I)cc1C(=O)Nc1ccc(C)cc1. The summed E-state index contributed by atoms with van der Waals surface area (Å²) in [6.45, 7) is 3.28. The minimum atomic E-state index is -0.458. The topological polar surface area (TPSA) is 55.4 Å². The van der Waals surface area contributed by atoms with Gasteiger partial charge in [0.15, 0.2) is 0 Å². The third kappa shape index (κ3) is 4.29. The molecule has 1 amide bonds. The molecular weight excluding hydrogens is 381 g/mol. The zero-order valence-electron chi connectivity index (χ0n) is 11.6. The Bertz CT molecular complexity index is 680. The van der Waals surface area contributed by atoms with Gasteiger partial charge < -0.3 is 10.1 Å². The lowest BCUT2D eigenvalue weighted by Crippen LogP contribution is -2.15. The van der Waals surface area contributed by atoms with Gasteiger partial charge in [0.05, 0.1) is 5.56 Å². The highest BCUT2D eigenvalue weighted by atomic mass is 127. The minimum Gasteiger partial charge on any atom is -0.426 e. The van der Waals surface area contributed by atoms with E-state index in [1.807, 2.05) is 31.2 Å². The molecule has 0 fully saturated rings. The lowest BCUT2D eigenvalue weighted by atomic mass is 10.1. The van der Waals surface area contributed by atoms with Crippen molar-refractivity contribution in [3.05, 3.63) is 57.2 Å². The quantitative estimate of drug-likeness (QED) is 0.489. The van der Waals surface area contributed by atoms with Gasteiger partial charge in [0, 0.05) is 16.2 Å². The molecule has 0 aliphatic carbocycles. The van der Waals surface area contributed by atoms with Crippen molar-refractivity contribution < 1.29 is 14.3 Å². The normalized spacial score (nSPS) is 10.0. The maximum Gasteiger partial charge on any atom is 0.308 e. The van der Waals surface area contributed by atoms with E-state index in [-0.39, 0.29) is 11.7 Å². The van der Waals surface area contributed by atoms with E-state index in [1.54, 1.807) is 18.2 Å². The Morgan fingerprint density at radius 1 is 1.10 bits per heavy atom. The minimum absolute atomic E-state index is 0.257. The zero-order valence-corrected chi connectivity index (χ0v) is 13.8. The van der Waals surface area contributed by atoms with Gasteiger partial charge in [-0.2, -0.15) is 0 Å². The number of carbonyl (C=O) groups excluding carboxylic acids is 2. The first kappa shape index (κ1) is 15.5. The van der Waals surface area contributed by atoms with Gasteiger partial charge in [0.1, 0.15) is 5.75 Å². The van der Waals surface area contributed by atoms with Crippen LogP contribution >= 0.6 is 22.6 Å². The number of ether oxygens (including phenoxy) is 1. The fraction of sp³-hybridized carbons (Fsp3) is 0.125. The molecule has 0 spiro atoms. The van der Waals surface area contributed by atoms with Crippen LogP contribution < -0.4 is 10.1 Å². The van der Waals surface area contributed by atoms with Crippen LogP contribution in [0.5, 0.6) is 5.75 Å². The van der Waals surface area contributed by atoms with Gasteiger partial charge in [-0.05, 0) is 59.8 Å². The summed E-state index contributed by atoms with van der Waals surface area (Å²) in [6, 6.07) is 12.6. The van der Waals surface area contributed by atoms with Gasteiger partial charge in [0.25, 0.3) is 5.91 Å². The van der Waals surface area contributed by atoms with E-state index in [1.165, 1.54) is 6.92 Å². The molecule has 0 unspecified atom stereocenters. The molecule has 0 aliphatic rings. The molecule has 21 heavy (non-hydrogen) atoms. The number of anilines is 1. The Balaban J connectivity index is 2.27. The molecule has 0 aromatic heterocycles. The number of halogens is 1. The lowest BCUT2D eigenvalue weighted by molar-refractivity contribution is -0.131. The van der Waals surface area contributed by atoms with Crippen LogP contribution in [0.15, 0.2) is 42.5 Å². The van der Waals surface area contributed by atoms with Gasteiger partial charge in [0.2, 0.25) is 0 Å². The van der Waals surface area contributed by atoms with Crippen LogP contribution in [0.3, 0.4) is 0 Å².